The predicted octanol–water partition coefficient (Wildman–Crippen LogP) is 4.71. The Kier molecular flexibility index (Phi) is 9.98. The third-order valence-electron chi connectivity index (χ3n) is 5.96. The minimum absolute atomic E-state index is 0.00914. The van der Waals surface area contributed by atoms with E-state index in [-0.39, 0.29) is 24.0 Å². The van der Waals surface area contributed by atoms with Crippen molar-refractivity contribution in [1.29, 1.82) is 0 Å². The van der Waals surface area contributed by atoms with E-state index in [4.69, 9.17) is 14.2 Å². The zero-order valence-corrected chi connectivity index (χ0v) is 22.8. The summed E-state index contributed by atoms with van der Waals surface area (Å²) in [6.07, 6.45) is -1.54. The number of carbonyl (C=O) groups is 2. The average Bonchev–Trinajstić information content (AvgIpc) is 3.30. The number of ether oxygens (including phenoxy) is 3. The second kappa shape index (κ2) is 13.0. The monoisotopic (exact) mass is 546 g/mol. The number of amides is 1. The minimum Gasteiger partial charge on any atom is -0.496 e. The highest BCUT2D eigenvalue weighted by Crippen LogP contribution is 2.34. The first kappa shape index (κ1) is 29.2. The SMILES string of the molecule is COc1ccccc1CS[C@H]1C[C@@H](C(O)CC(=O)OC(C)(C)C)N(C(=O)OCc2ccc([N+](=O)[O-])cc2)C1. The third-order valence-corrected chi connectivity index (χ3v) is 7.25. The first-order chi connectivity index (χ1) is 18.0. The van der Waals surface area contributed by atoms with E-state index in [0.29, 0.717) is 24.3 Å². The van der Waals surface area contributed by atoms with Gasteiger partial charge in [-0.25, -0.2) is 4.79 Å². The van der Waals surface area contributed by atoms with Gasteiger partial charge in [0.25, 0.3) is 5.69 Å². The molecule has 38 heavy (non-hydrogen) atoms. The highest BCUT2D eigenvalue weighted by Gasteiger charge is 2.41. The number of methoxy groups -OCH3 is 1. The molecule has 10 nitrogen and oxygen atoms in total. The highest BCUT2D eigenvalue weighted by atomic mass is 32.2. The molecule has 1 N–H and O–H groups in total. The van der Waals surface area contributed by atoms with Gasteiger partial charge < -0.3 is 24.2 Å². The summed E-state index contributed by atoms with van der Waals surface area (Å²) in [5, 5.41) is 21.8. The van der Waals surface area contributed by atoms with Crippen LogP contribution in [0.15, 0.2) is 48.5 Å². The predicted molar refractivity (Wildman–Crippen MR) is 143 cm³/mol. The minimum atomic E-state index is -1.13. The van der Waals surface area contributed by atoms with E-state index in [1.165, 1.54) is 29.2 Å². The van der Waals surface area contributed by atoms with Gasteiger partial charge in [-0.3, -0.25) is 14.9 Å². The first-order valence-corrected chi connectivity index (χ1v) is 13.3. The number of esters is 1. The Balaban J connectivity index is 1.68. The molecule has 2 aromatic carbocycles. The van der Waals surface area contributed by atoms with E-state index in [1.54, 1.807) is 39.6 Å². The molecular formula is C27H34N2O8S. The molecule has 2 aromatic rings. The van der Waals surface area contributed by atoms with Crippen LogP contribution < -0.4 is 4.74 Å². The first-order valence-electron chi connectivity index (χ1n) is 12.3. The lowest BCUT2D eigenvalue weighted by Gasteiger charge is -2.28. The van der Waals surface area contributed by atoms with Crippen molar-refractivity contribution < 1.29 is 33.8 Å². The van der Waals surface area contributed by atoms with Crippen molar-refractivity contribution in [3.05, 3.63) is 69.8 Å². The van der Waals surface area contributed by atoms with Crippen molar-refractivity contribution in [3.8, 4) is 5.75 Å². The summed E-state index contributed by atoms with van der Waals surface area (Å²) in [7, 11) is 1.62. The van der Waals surface area contributed by atoms with Crippen LogP contribution in [0.3, 0.4) is 0 Å². The quantitative estimate of drug-likeness (QED) is 0.256. The van der Waals surface area contributed by atoms with Gasteiger partial charge in [-0.15, -0.1) is 0 Å². The van der Waals surface area contributed by atoms with E-state index in [0.717, 1.165) is 11.3 Å². The topological polar surface area (TPSA) is 128 Å². The zero-order valence-electron chi connectivity index (χ0n) is 22.0. The number of para-hydroxylation sites is 1. The van der Waals surface area contributed by atoms with Gasteiger partial charge >= 0.3 is 12.1 Å². The van der Waals surface area contributed by atoms with Gasteiger partial charge in [0.05, 0.1) is 30.6 Å². The third kappa shape index (κ3) is 8.35. The Morgan fingerprint density at radius 2 is 1.87 bits per heavy atom. The molecule has 0 radical (unpaired) electrons. The number of likely N-dealkylation sites (tertiary alicyclic amines) is 1. The normalized spacial score (nSPS) is 18.1. The average molecular weight is 547 g/mol. The maximum absolute atomic E-state index is 13.1. The Labute approximate surface area is 226 Å². The molecule has 206 valence electrons. The summed E-state index contributed by atoms with van der Waals surface area (Å²) in [4.78, 5) is 37.3. The molecule has 3 rings (SSSR count). The number of aliphatic hydroxyl groups is 1. The van der Waals surface area contributed by atoms with E-state index in [1.807, 2.05) is 24.3 Å². The van der Waals surface area contributed by atoms with Gasteiger partial charge in [-0.05, 0) is 51.0 Å². The van der Waals surface area contributed by atoms with Crippen LogP contribution in [-0.4, -0.2) is 63.6 Å². The van der Waals surface area contributed by atoms with Gasteiger partial charge in [-0.2, -0.15) is 11.8 Å². The molecule has 1 heterocycles. The number of rotatable bonds is 10. The maximum atomic E-state index is 13.1. The van der Waals surface area contributed by atoms with Crippen LogP contribution in [0.4, 0.5) is 10.5 Å². The molecule has 1 amide bonds. The smallest absolute Gasteiger partial charge is 0.410 e. The van der Waals surface area contributed by atoms with E-state index in [2.05, 4.69) is 0 Å². The van der Waals surface area contributed by atoms with Crippen molar-refractivity contribution in [2.24, 2.45) is 0 Å². The lowest BCUT2D eigenvalue weighted by atomic mass is 10.1. The fourth-order valence-corrected chi connectivity index (χ4v) is 5.44. The summed E-state index contributed by atoms with van der Waals surface area (Å²) in [5.74, 6) is 0.878. The maximum Gasteiger partial charge on any atom is 0.410 e. The molecular weight excluding hydrogens is 512 g/mol. The lowest BCUT2D eigenvalue weighted by molar-refractivity contribution is -0.384. The van der Waals surface area contributed by atoms with Crippen molar-refractivity contribution in [1.82, 2.24) is 4.90 Å². The number of thioether (sulfide) groups is 1. The second-order valence-electron chi connectivity index (χ2n) is 10.0. The fourth-order valence-electron chi connectivity index (χ4n) is 4.18. The molecule has 3 atom stereocenters. The summed E-state index contributed by atoms with van der Waals surface area (Å²) in [6.45, 7) is 5.49. The van der Waals surface area contributed by atoms with Gasteiger partial charge in [0, 0.05) is 35.2 Å². The lowest BCUT2D eigenvalue weighted by Crippen LogP contribution is -2.44. The van der Waals surface area contributed by atoms with Crippen LogP contribution in [-0.2, 0) is 26.6 Å². The number of hydrogen-bond acceptors (Lipinski definition) is 9. The molecule has 1 saturated heterocycles. The van der Waals surface area contributed by atoms with E-state index in [9.17, 15) is 24.8 Å². The largest absolute Gasteiger partial charge is 0.496 e. The molecule has 1 aliphatic rings. The Morgan fingerprint density at radius 3 is 2.50 bits per heavy atom. The van der Waals surface area contributed by atoms with Gasteiger partial charge in [0.1, 0.15) is 18.0 Å². The number of aliphatic hydroxyl groups excluding tert-OH is 1. The summed E-state index contributed by atoms with van der Waals surface area (Å²) < 4.78 is 16.3. The number of carbonyl (C=O) groups excluding carboxylic acids is 2. The van der Waals surface area contributed by atoms with Crippen LogP contribution in [0, 0.1) is 10.1 Å². The van der Waals surface area contributed by atoms with Gasteiger partial charge in [-0.1, -0.05) is 18.2 Å². The van der Waals surface area contributed by atoms with Crippen LogP contribution in [0.5, 0.6) is 5.75 Å². The van der Waals surface area contributed by atoms with E-state index >= 15 is 0 Å². The van der Waals surface area contributed by atoms with E-state index < -0.39 is 34.7 Å². The Bertz CT molecular complexity index is 1120. The molecule has 0 saturated carbocycles. The molecule has 0 aromatic heterocycles. The van der Waals surface area contributed by atoms with Crippen LogP contribution >= 0.6 is 11.8 Å². The fraction of sp³-hybridized carbons (Fsp3) is 0.481. The van der Waals surface area contributed by atoms with Crippen molar-refractivity contribution in [3.63, 3.8) is 0 Å². The van der Waals surface area contributed by atoms with Gasteiger partial charge in [0.15, 0.2) is 0 Å². The number of benzene rings is 2. The van der Waals surface area contributed by atoms with Gasteiger partial charge in [0.2, 0.25) is 0 Å². The number of nitrogens with zero attached hydrogens (tertiary/aromatic N) is 2. The second-order valence-corrected chi connectivity index (χ2v) is 11.3. The zero-order chi connectivity index (χ0) is 27.9. The number of hydrogen-bond donors (Lipinski definition) is 1. The molecule has 11 heteroatoms. The summed E-state index contributed by atoms with van der Waals surface area (Å²) in [6, 6.07) is 12.8. The standard InChI is InChI=1S/C27H34N2O8S/c1-27(2,3)37-25(31)14-23(30)22-13-21(38-17-19-7-5-6-8-24(19)35-4)15-28(22)26(32)36-16-18-9-11-20(12-10-18)29(33)34/h5-12,21-23,30H,13-17H2,1-4H3/t21-,22-,23?/m0/s1. The van der Waals surface area contributed by atoms with Crippen LogP contribution in [0.1, 0.15) is 44.7 Å². The van der Waals surface area contributed by atoms with Crippen LogP contribution in [0.25, 0.3) is 0 Å². The number of nitro benzene ring substituents is 1. The van der Waals surface area contributed by atoms with Crippen molar-refractivity contribution in [2.45, 2.75) is 69.0 Å². The van der Waals surface area contributed by atoms with Crippen molar-refractivity contribution in [2.75, 3.05) is 13.7 Å². The Hall–Kier alpha value is -3.31. The summed E-state index contributed by atoms with van der Waals surface area (Å²) in [5.41, 5.74) is 0.865. The molecule has 1 aliphatic heterocycles. The number of non-ortho nitro benzene ring substituents is 1. The molecule has 0 bridgehead atoms. The Morgan fingerprint density at radius 1 is 1.18 bits per heavy atom. The van der Waals surface area contributed by atoms with Crippen molar-refractivity contribution >= 4 is 29.5 Å². The highest BCUT2D eigenvalue weighted by molar-refractivity contribution is 7.99. The summed E-state index contributed by atoms with van der Waals surface area (Å²) >= 11 is 1.64. The molecule has 0 aliphatic carbocycles. The number of nitro groups is 1. The molecule has 1 fully saturated rings. The molecule has 1 unspecified atom stereocenters. The molecule has 0 spiro atoms. The van der Waals surface area contributed by atoms with Crippen LogP contribution in [0.2, 0.25) is 0 Å².